The number of nitrogens with two attached hydrogens (primary N) is 1. The summed E-state index contributed by atoms with van der Waals surface area (Å²) < 4.78 is 11.7. The molecule has 0 heterocycles. The summed E-state index contributed by atoms with van der Waals surface area (Å²) in [6.45, 7) is 3.06. The summed E-state index contributed by atoms with van der Waals surface area (Å²) in [7, 11) is 1.63. The Kier molecular flexibility index (Phi) is 5.35. The van der Waals surface area contributed by atoms with Gasteiger partial charge in [0.1, 0.15) is 0 Å². The highest BCUT2D eigenvalue weighted by Crippen LogP contribution is 2.36. The summed E-state index contributed by atoms with van der Waals surface area (Å²) in [6, 6.07) is 3.89. The summed E-state index contributed by atoms with van der Waals surface area (Å²) in [5, 5.41) is 0. The van der Waals surface area contributed by atoms with Crippen LogP contribution in [-0.2, 0) is 0 Å². The molecule has 0 unspecified atom stereocenters. The van der Waals surface area contributed by atoms with Crippen molar-refractivity contribution in [1.29, 1.82) is 0 Å². The zero-order valence-electron chi connectivity index (χ0n) is 9.50. The van der Waals surface area contributed by atoms with Crippen molar-refractivity contribution < 1.29 is 9.47 Å². The molecule has 2 N–H and O–H groups in total. The SMILES string of the molecule is CCOc1c(Br)cc(C=CCN)cc1OC. The van der Waals surface area contributed by atoms with Crippen LogP contribution in [0.5, 0.6) is 11.5 Å². The number of hydrogen-bond acceptors (Lipinski definition) is 3. The molecular formula is C12H16BrNO2. The fourth-order valence-corrected chi connectivity index (χ4v) is 1.90. The van der Waals surface area contributed by atoms with Gasteiger partial charge in [0.15, 0.2) is 11.5 Å². The summed E-state index contributed by atoms with van der Waals surface area (Å²) in [6.07, 6.45) is 3.84. The molecule has 0 bridgehead atoms. The number of hydrogen-bond donors (Lipinski definition) is 1. The normalized spacial score (nSPS) is 10.8. The first-order valence-corrected chi connectivity index (χ1v) is 5.89. The largest absolute Gasteiger partial charge is 0.493 e. The average Bonchev–Trinajstić information content (AvgIpc) is 2.29. The van der Waals surface area contributed by atoms with Gasteiger partial charge in [0.05, 0.1) is 18.2 Å². The number of ether oxygens (including phenoxy) is 2. The molecule has 0 aliphatic rings. The Balaban J connectivity index is 3.10. The number of benzene rings is 1. The highest BCUT2D eigenvalue weighted by molar-refractivity contribution is 9.10. The monoisotopic (exact) mass is 285 g/mol. The van der Waals surface area contributed by atoms with Crippen LogP contribution in [-0.4, -0.2) is 20.3 Å². The van der Waals surface area contributed by atoms with Gasteiger partial charge in [0.25, 0.3) is 0 Å². The lowest BCUT2D eigenvalue weighted by Gasteiger charge is -2.12. The van der Waals surface area contributed by atoms with E-state index in [0.29, 0.717) is 18.9 Å². The Labute approximate surface area is 104 Å². The van der Waals surface area contributed by atoms with Gasteiger partial charge in [0, 0.05) is 6.54 Å². The first-order valence-electron chi connectivity index (χ1n) is 5.09. The second-order valence-electron chi connectivity index (χ2n) is 3.11. The van der Waals surface area contributed by atoms with Gasteiger partial charge in [-0.25, -0.2) is 0 Å². The van der Waals surface area contributed by atoms with Gasteiger partial charge in [-0.2, -0.15) is 0 Å². The van der Waals surface area contributed by atoms with Crippen molar-refractivity contribution >= 4 is 22.0 Å². The Hall–Kier alpha value is -1.00. The van der Waals surface area contributed by atoms with Gasteiger partial charge in [-0.3, -0.25) is 0 Å². The Bertz CT molecular complexity index is 378. The van der Waals surface area contributed by atoms with E-state index < -0.39 is 0 Å². The zero-order valence-corrected chi connectivity index (χ0v) is 11.1. The van der Waals surface area contributed by atoms with Gasteiger partial charge in [-0.1, -0.05) is 12.2 Å². The smallest absolute Gasteiger partial charge is 0.175 e. The number of rotatable bonds is 5. The molecule has 0 saturated carbocycles. The molecule has 0 saturated heterocycles. The van der Waals surface area contributed by atoms with E-state index in [1.165, 1.54) is 0 Å². The van der Waals surface area contributed by atoms with E-state index in [4.69, 9.17) is 15.2 Å². The molecule has 1 aromatic carbocycles. The molecule has 4 heteroatoms. The van der Waals surface area contributed by atoms with Gasteiger partial charge >= 0.3 is 0 Å². The zero-order chi connectivity index (χ0) is 12.0. The molecular weight excluding hydrogens is 270 g/mol. The van der Waals surface area contributed by atoms with E-state index in [9.17, 15) is 0 Å². The second kappa shape index (κ2) is 6.55. The second-order valence-corrected chi connectivity index (χ2v) is 3.96. The first kappa shape index (κ1) is 13.1. The Morgan fingerprint density at radius 3 is 2.75 bits per heavy atom. The molecule has 0 aliphatic carbocycles. The molecule has 16 heavy (non-hydrogen) atoms. The fourth-order valence-electron chi connectivity index (χ4n) is 1.32. The first-order chi connectivity index (χ1) is 7.72. The summed E-state index contributed by atoms with van der Waals surface area (Å²) in [5.74, 6) is 1.45. The molecule has 1 aromatic rings. The summed E-state index contributed by atoms with van der Waals surface area (Å²) in [4.78, 5) is 0. The molecule has 0 radical (unpaired) electrons. The molecule has 0 amide bonds. The number of halogens is 1. The topological polar surface area (TPSA) is 44.5 Å². The average molecular weight is 286 g/mol. The maximum atomic E-state index is 5.50. The fraction of sp³-hybridized carbons (Fsp3) is 0.333. The lowest BCUT2D eigenvalue weighted by Crippen LogP contribution is -1.97. The minimum Gasteiger partial charge on any atom is -0.493 e. The summed E-state index contributed by atoms with van der Waals surface area (Å²) in [5.41, 5.74) is 6.43. The molecule has 0 spiro atoms. The van der Waals surface area contributed by atoms with Crippen LogP contribution in [0.2, 0.25) is 0 Å². The Morgan fingerprint density at radius 1 is 1.44 bits per heavy atom. The maximum absolute atomic E-state index is 5.50. The van der Waals surface area contributed by atoms with E-state index in [2.05, 4.69) is 15.9 Å². The van der Waals surface area contributed by atoms with Gasteiger partial charge in [-0.05, 0) is 40.5 Å². The van der Waals surface area contributed by atoms with E-state index in [-0.39, 0.29) is 0 Å². The maximum Gasteiger partial charge on any atom is 0.175 e. The van der Waals surface area contributed by atoms with Crippen molar-refractivity contribution in [2.45, 2.75) is 6.92 Å². The third-order valence-electron chi connectivity index (χ3n) is 1.99. The quantitative estimate of drug-likeness (QED) is 0.905. The van der Waals surface area contributed by atoms with E-state index >= 15 is 0 Å². The highest BCUT2D eigenvalue weighted by Gasteiger charge is 2.09. The minimum atomic E-state index is 0.521. The lowest BCUT2D eigenvalue weighted by atomic mass is 10.2. The molecule has 88 valence electrons. The highest BCUT2D eigenvalue weighted by atomic mass is 79.9. The molecule has 0 aliphatic heterocycles. The van der Waals surface area contributed by atoms with Crippen LogP contribution in [0.25, 0.3) is 6.08 Å². The minimum absolute atomic E-state index is 0.521. The van der Waals surface area contributed by atoms with Crippen LogP contribution in [0.1, 0.15) is 12.5 Å². The lowest BCUT2D eigenvalue weighted by molar-refractivity contribution is 0.309. The van der Waals surface area contributed by atoms with Crippen LogP contribution >= 0.6 is 15.9 Å². The van der Waals surface area contributed by atoms with Gasteiger partial charge < -0.3 is 15.2 Å². The van der Waals surface area contributed by atoms with Crippen molar-refractivity contribution in [2.75, 3.05) is 20.3 Å². The van der Waals surface area contributed by atoms with E-state index in [1.54, 1.807) is 7.11 Å². The molecule has 0 fully saturated rings. The molecule has 0 atom stereocenters. The molecule has 1 rings (SSSR count). The van der Waals surface area contributed by atoms with Crippen LogP contribution in [0.15, 0.2) is 22.7 Å². The van der Waals surface area contributed by atoms with Crippen molar-refractivity contribution in [2.24, 2.45) is 5.73 Å². The predicted octanol–water partition coefficient (Wildman–Crippen LogP) is 2.83. The van der Waals surface area contributed by atoms with Gasteiger partial charge in [0.2, 0.25) is 0 Å². The molecule has 0 aromatic heterocycles. The predicted molar refractivity (Wildman–Crippen MR) is 70.0 cm³/mol. The standard InChI is InChI=1S/C12H16BrNO2/c1-3-16-12-10(13)7-9(5-4-6-14)8-11(12)15-2/h4-5,7-8H,3,6,14H2,1-2H3. The van der Waals surface area contributed by atoms with Crippen molar-refractivity contribution in [3.8, 4) is 11.5 Å². The van der Waals surface area contributed by atoms with Crippen LogP contribution < -0.4 is 15.2 Å². The number of methoxy groups -OCH3 is 1. The molecule has 3 nitrogen and oxygen atoms in total. The summed E-state index contributed by atoms with van der Waals surface area (Å²) >= 11 is 3.46. The van der Waals surface area contributed by atoms with Crippen molar-refractivity contribution in [3.05, 3.63) is 28.2 Å². The van der Waals surface area contributed by atoms with Crippen molar-refractivity contribution in [3.63, 3.8) is 0 Å². The third-order valence-corrected chi connectivity index (χ3v) is 2.58. The van der Waals surface area contributed by atoms with E-state index in [1.807, 2.05) is 31.2 Å². The van der Waals surface area contributed by atoms with E-state index in [0.717, 1.165) is 15.8 Å². The van der Waals surface area contributed by atoms with Crippen molar-refractivity contribution in [1.82, 2.24) is 0 Å². The Morgan fingerprint density at radius 2 is 2.19 bits per heavy atom. The van der Waals surface area contributed by atoms with Crippen LogP contribution in [0.4, 0.5) is 0 Å². The van der Waals surface area contributed by atoms with Gasteiger partial charge in [-0.15, -0.1) is 0 Å². The third kappa shape index (κ3) is 3.25. The van der Waals surface area contributed by atoms with Crippen LogP contribution in [0, 0.1) is 0 Å². The van der Waals surface area contributed by atoms with Crippen LogP contribution in [0.3, 0.4) is 0 Å².